The van der Waals surface area contributed by atoms with E-state index in [-0.39, 0.29) is 18.8 Å². The van der Waals surface area contributed by atoms with E-state index < -0.39 is 66.2 Å². The summed E-state index contributed by atoms with van der Waals surface area (Å²) in [6, 6.07) is 4.54. The lowest BCUT2D eigenvalue weighted by atomic mass is 9.96. The Balaban J connectivity index is 2.99. The van der Waals surface area contributed by atoms with Crippen LogP contribution < -0.4 is 21.7 Å². The van der Waals surface area contributed by atoms with Gasteiger partial charge in [0.05, 0.1) is 12.5 Å². The van der Waals surface area contributed by atoms with Crippen LogP contribution in [0.3, 0.4) is 0 Å². The van der Waals surface area contributed by atoms with Gasteiger partial charge in [-0.15, -0.1) is 0 Å². The highest BCUT2D eigenvalue weighted by Crippen LogP contribution is 2.12. The maximum atomic E-state index is 13.2. The zero-order valence-electron chi connectivity index (χ0n) is 21.2. The molecule has 1 rings (SSSR count). The second-order valence-electron chi connectivity index (χ2n) is 9.36. The van der Waals surface area contributed by atoms with E-state index in [9.17, 15) is 29.1 Å². The van der Waals surface area contributed by atoms with Crippen molar-refractivity contribution in [2.45, 2.75) is 77.5 Å². The van der Waals surface area contributed by atoms with Crippen LogP contribution in [-0.2, 0) is 30.4 Å². The molecule has 0 saturated heterocycles. The third-order valence-corrected chi connectivity index (χ3v) is 5.76. The molecular weight excluding hydrogens is 468 g/mol. The first-order chi connectivity index (χ1) is 16.8. The zero-order valence-corrected chi connectivity index (χ0v) is 21.2. The Hall–Kier alpha value is -3.47. The van der Waals surface area contributed by atoms with Crippen LogP contribution >= 0.6 is 0 Å². The monoisotopic (exact) mass is 506 g/mol. The molecule has 0 aliphatic heterocycles. The Morgan fingerprint density at radius 2 is 1.44 bits per heavy atom. The van der Waals surface area contributed by atoms with Crippen LogP contribution in [0.4, 0.5) is 0 Å². The fourth-order valence-electron chi connectivity index (χ4n) is 3.53. The molecule has 0 fully saturated rings. The molecule has 5 unspecified atom stereocenters. The fourth-order valence-corrected chi connectivity index (χ4v) is 3.53. The van der Waals surface area contributed by atoms with Gasteiger partial charge >= 0.3 is 11.9 Å². The lowest BCUT2D eigenvalue weighted by molar-refractivity contribution is -0.147. The van der Waals surface area contributed by atoms with Gasteiger partial charge in [0.25, 0.3) is 0 Å². The van der Waals surface area contributed by atoms with Crippen LogP contribution in [0.5, 0.6) is 0 Å². The minimum atomic E-state index is -1.65. The van der Waals surface area contributed by atoms with E-state index in [1.807, 2.05) is 44.2 Å². The first-order valence-electron chi connectivity index (χ1n) is 12.0. The molecule has 0 aliphatic carbocycles. The Bertz CT molecular complexity index is 907. The number of carboxylic acids is 2. The first kappa shape index (κ1) is 30.6. The summed E-state index contributed by atoms with van der Waals surface area (Å²) in [6.45, 7) is 7.24. The van der Waals surface area contributed by atoms with Crippen molar-refractivity contribution in [3.05, 3.63) is 35.9 Å². The quantitative estimate of drug-likeness (QED) is 0.200. The number of nitrogens with one attached hydrogen (secondary N) is 3. The molecule has 0 bridgehead atoms. The second-order valence-corrected chi connectivity index (χ2v) is 9.36. The lowest BCUT2D eigenvalue weighted by Crippen LogP contribution is -2.59. The summed E-state index contributed by atoms with van der Waals surface area (Å²) in [5.41, 5.74) is 6.93. The van der Waals surface area contributed by atoms with Gasteiger partial charge in [-0.3, -0.25) is 19.2 Å². The van der Waals surface area contributed by atoms with Crippen molar-refractivity contribution in [2.24, 2.45) is 17.6 Å². The Kier molecular flexibility index (Phi) is 12.6. The summed E-state index contributed by atoms with van der Waals surface area (Å²) in [5, 5.41) is 25.7. The van der Waals surface area contributed by atoms with Crippen molar-refractivity contribution in [2.75, 3.05) is 0 Å². The van der Waals surface area contributed by atoms with Gasteiger partial charge in [-0.25, -0.2) is 4.79 Å². The molecule has 3 amide bonds. The van der Waals surface area contributed by atoms with Gasteiger partial charge < -0.3 is 31.9 Å². The average Bonchev–Trinajstić information content (AvgIpc) is 2.80. The molecule has 0 radical (unpaired) electrons. The summed E-state index contributed by atoms with van der Waals surface area (Å²) >= 11 is 0. The number of carbonyl (C=O) groups is 5. The summed E-state index contributed by atoms with van der Waals surface area (Å²) in [7, 11) is 0. The predicted octanol–water partition coefficient (Wildman–Crippen LogP) is 0.662. The molecule has 0 saturated carbocycles. The van der Waals surface area contributed by atoms with E-state index in [1.165, 1.54) is 0 Å². The summed E-state index contributed by atoms with van der Waals surface area (Å²) in [6.07, 6.45) is 0.216. The number of carboxylic acid groups (broad SMARTS) is 2. The number of rotatable bonds is 15. The summed E-state index contributed by atoms with van der Waals surface area (Å²) in [5.74, 6) is -5.22. The maximum absolute atomic E-state index is 13.2. The minimum Gasteiger partial charge on any atom is -0.481 e. The van der Waals surface area contributed by atoms with Crippen molar-refractivity contribution < 1.29 is 34.2 Å². The molecule has 36 heavy (non-hydrogen) atoms. The normalized spacial score (nSPS) is 15.2. The topological polar surface area (TPSA) is 188 Å². The Morgan fingerprint density at radius 3 is 1.94 bits per heavy atom. The van der Waals surface area contributed by atoms with Crippen LogP contribution in [0.25, 0.3) is 0 Å². The van der Waals surface area contributed by atoms with Crippen LogP contribution in [0.15, 0.2) is 30.3 Å². The van der Waals surface area contributed by atoms with Gasteiger partial charge in [0, 0.05) is 0 Å². The van der Waals surface area contributed by atoms with Gasteiger partial charge in [-0.1, -0.05) is 64.4 Å². The number of benzene rings is 1. The molecule has 0 aliphatic rings. The third-order valence-electron chi connectivity index (χ3n) is 5.76. The number of hydrogen-bond donors (Lipinski definition) is 6. The molecule has 1 aromatic rings. The van der Waals surface area contributed by atoms with E-state index in [1.54, 1.807) is 13.8 Å². The van der Waals surface area contributed by atoms with E-state index in [0.717, 1.165) is 5.56 Å². The largest absolute Gasteiger partial charge is 0.481 e. The van der Waals surface area contributed by atoms with Crippen LogP contribution in [0.1, 0.15) is 52.5 Å². The molecular formula is C25H38N4O7. The number of nitrogens with two attached hydrogens (primary N) is 1. The van der Waals surface area contributed by atoms with E-state index in [2.05, 4.69) is 16.0 Å². The zero-order chi connectivity index (χ0) is 27.4. The fraction of sp³-hybridized carbons (Fsp3) is 0.560. The van der Waals surface area contributed by atoms with Gasteiger partial charge in [0.1, 0.15) is 18.1 Å². The smallest absolute Gasteiger partial charge is 0.326 e. The Morgan fingerprint density at radius 1 is 0.861 bits per heavy atom. The Labute approximate surface area is 211 Å². The van der Waals surface area contributed by atoms with Crippen LogP contribution in [0, 0.1) is 11.8 Å². The molecule has 200 valence electrons. The molecule has 0 heterocycles. The lowest BCUT2D eigenvalue weighted by Gasteiger charge is -2.28. The summed E-state index contributed by atoms with van der Waals surface area (Å²) < 4.78 is 0. The minimum absolute atomic E-state index is 0.0224. The van der Waals surface area contributed by atoms with Crippen molar-refractivity contribution in [1.29, 1.82) is 0 Å². The molecule has 0 spiro atoms. The maximum Gasteiger partial charge on any atom is 0.326 e. The van der Waals surface area contributed by atoms with Gasteiger partial charge in [-0.2, -0.15) is 0 Å². The third kappa shape index (κ3) is 10.4. The standard InChI is InChI=1S/C25H38N4O7/c1-5-15(4)21(24(34)28-19(25(35)36)13-20(30)31)29-23(33)18(11-14(2)3)27-22(32)17(26)12-16-9-7-6-8-10-16/h6-10,14-15,17-19,21H,5,11-13,26H2,1-4H3,(H,27,32)(H,28,34)(H,29,33)(H,30,31)(H,35,36). The number of carbonyl (C=O) groups excluding carboxylic acids is 3. The van der Waals surface area contributed by atoms with Crippen LogP contribution in [0.2, 0.25) is 0 Å². The molecule has 7 N–H and O–H groups in total. The second kappa shape index (κ2) is 14.8. The highest BCUT2D eigenvalue weighted by molar-refractivity contribution is 5.94. The molecule has 0 aromatic heterocycles. The predicted molar refractivity (Wildman–Crippen MR) is 133 cm³/mol. The number of hydrogen-bond acceptors (Lipinski definition) is 6. The summed E-state index contributed by atoms with van der Waals surface area (Å²) in [4.78, 5) is 61.1. The first-order valence-corrected chi connectivity index (χ1v) is 12.0. The highest BCUT2D eigenvalue weighted by atomic mass is 16.4. The average molecular weight is 507 g/mol. The van der Waals surface area contributed by atoms with E-state index in [4.69, 9.17) is 10.8 Å². The highest BCUT2D eigenvalue weighted by Gasteiger charge is 2.33. The molecule has 11 heteroatoms. The SMILES string of the molecule is CCC(C)C(NC(=O)C(CC(C)C)NC(=O)C(N)Cc1ccccc1)C(=O)NC(CC(=O)O)C(=O)O. The molecule has 1 aromatic carbocycles. The number of aliphatic carboxylic acids is 2. The van der Waals surface area contributed by atoms with Crippen molar-refractivity contribution >= 4 is 29.7 Å². The van der Waals surface area contributed by atoms with Crippen LogP contribution in [-0.4, -0.2) is 64.0 Å². The van der Waals surface area contributed by atoms with Crippen molar-refractivity contribution in [1.82, 2.24) is 16.0 Å². The molecule has 5 atom stereocenters. The van der Waals surface area contributed by atoms with E-state index in [0.29, 0.717) is 6.42 Å². The van der Waals surface area contributed by atoms with E-state index >= 15 is 0 Å². The van der Waals surface area contributed by atoms with Crippen molar-refractivity contribution in [3.8, 4) is 0 Å². The van der Waals surface area contributed by atoms with Gasteiger partial charge in [0.15, 0.2) is 0 Å². The molecule has 11 nitrogen and oxygen atoms in total. The van der Waals surface area contributed by atoms with Crippen molar-refractivity contribution in [3.63, 3.8) is 0 Å². The van der Waals surface area contributed by atoms with Gasteiger partial charge in [0.2, 0.25) is 17.7 Å². The van der Waals surface area contributed by atoms with Gasteiger partial charge in [-0.05, 0) is 30.2 Å². The number of amides is 3.